The second-order valence-electron chi connectivity index (χ2n) is 3.33. The number of carbonyl (C=O) groups excluding carboxylic acids is 1. The number of benzene rings is 1. The molecule has 1 aromatic carbocycles. The van der Waals surface area contributed by atoms with Crippen molar-refractivity contribution < 1.29 is 9.32 Å². The molecule has 0 aliphatic carbocycles. The van der Waals surface area contributed by atoms with Gasteiger partial charge in [0.2, 0.25) is 11.7 Å². The zero-order valence-electron chi connectivity index (χ0n) is 8.30. The smallest absolute Gasteiger partial charge is 0.235 e. The molecule has 0 N–H and O–H groups in total. The standard InChI is InChI=1S/C11H10N2O2/c1-8-3-2-4-9(5-8)6-11-12-10(7-14)13-15-11/h2-5,7H,6H2,1H3. The van der Waals surface area contributed by atoms with Crippen molar-refractivity contribution in [2.75, 3.05) is 0 Å². The molecule has 0 spiro atoms. The Morgan fingerprint density at radius 3 is 3.00 bits per heavy atom. The maximum absolute atomic E-state index is 10.3. The van der Waals surface area contributed by atoms with E-state index in [0.29, 0.717) is 18.6 Å². The summed E-state index contributed by atoms with van der Waals surface area (Å²) in [5, 5.41) is 3.50. The summed E-state index contributed by atoms with van der Waals surface area (Å²) in [4.78, 5) is 14.2. The van der Waals surface area contributed by atoms with Gasteiger partial charge in [0.05, 0.1) is 6.42 Å². The molecule has 2 rings (SSSR count). The maximum Gasteiger partial charge on any atom is 0.235 e. The van der Waals surface area contributed by atoms with Gasteiger partial charge in [0, 0.05) is 0 Å². The quantitative estimate of drug-likeness (QED) is 0.712. The van der Waals surface area contributed by atoms with Crippen molar-refractivity contribution in [1.82, 2.24) is 10.1 Å². The van der Waals surface area contributed by atoms with Crippen LogP contribution < -0.4 is 0 Å². The average Bonchev–Trinajstić information content (AvgIpc) is 2.65. The molecule has 0 aliphatic heterocycles. The molecule has 0 radical (unpaired) electrons. The van der Waals surface area contributed by atoms with E-state index in [-0.39, 0.29) is 5.82 Å². The maximum atomic E-state index is 10.3. The molecule has 0 unspecified atom stereocenters. The second kappa shape index (κ2) is 4.04. The Kier molecular flexibility index (Phi) is 2.58. The van der Waals surface area contributed by atoms with Gasteiger partial charge in [-0.1, -0.05) is 35.0 Å². The Balaban J connectivity index is 2.18. The van der Waals surface area contributed by atoms with E-state index in [2.05, 4.69) is 10.1 Å². The molecule has 0 aliphatic rings. The van der Waals surface area contributed by atoms with Gasteiger partial charge in [-0.15, -0.1) is 0 Å². The minimum absolute atomic E-state index is 0.0950. The first-order valence-electron chi connectivity index (χ1n) is 4.61. The second-order valence-corrected chi connectivity index (χ2v) is 3.33. The van der Waals surface area contributed by atoms with E-state index >= 15 is 0 Å². The van der Waals surface area contributed by atoms with Crippen molar-refractivity contribution >= 4 is 6.29 Å². The van der Waals surface area contributed by atoms with Crippen LogP contribution in [-0.4, -0.2) is 16.4 Å². The van der Waals surface area contributed by atoms with Gasteiger partial charge in [-0.25, -0.2) is 0 Å². The summed E-state index contributed by atoms with van der Waals surface area (Å²) >= 11 is 0. The van der Waals surface area contributed by atoms with Gasteiger partial charge < -0.3 is 4.52 Å². The number of nitrogens with zero attached hydrogens (tertiary/aromatic N) is 2. The molecule has 4 heteroatoms. The highest BCUT2D eigenvalue weighted by atomic mass is 16.5. The summed E-state index contributed by atoms with van der Waals surface area (Å²) in [5.41, 5.74) is 2.28. The molecule has 15 heavy (non-hydrogen) atoms. The molecule has 0 amide bonds. The Hall–Kier alpha value is -1.97. The average molecular weight is 202 g/mol. The fourth-order valence-corrected chi connectivity index (χ4v) is 1.38. The van der Waals surface area contributed by atoms with Crippen LogP contribution in [0.25, 0.3) is 0 Å². The largest absolute Gasteiger partial charge is 0.339 e. The first kappa shape index (κ1) is 9.58. The molecule has 4 nitrogen and oxygen atoms in total. The summed E-state index contributed by atoms with van der Waals surface area (Å²) in [5.74, 6) is 0.556. The van der Waals surface area contributed by atoms with E-state index < -0.39 is 0 Å². The fraction of sp³-hybridized carbons (Fsp3) is 0.182. The molecule has 0 fully saturated rings. The van der Waals surface area contributed by atoms with E-state index in [1.807, 2.05) is 31.2 Å². The van der Waals surface area contributed by atoms with Gasteiger partial charge in [-0.3, -0.25) is 4.79 Å². The normalized spacial score (nSPS) is 10.2. The minimum atomic E-state index is 0.0950. The van der Waals surface area contributed by atoms with Gasteiger partial charge in [0.15, 0.2) is 6.29 Å². The molecule has 76 valence electrons. The minimum Gasteiger partial charge on any atom is -0.339 e. The lowest BCUT2D eigenvalue weighted by Gasteiger charge is -1.97. The highest BCUT2D eigenvalue weighted by Crippen LogP contribution is 2.09. The van der Waals surface area contributed by atoms with E-state index in [4.69, 9.17) is 4.52 Å². The third-order valence-electron chi connectivity index (χ3n) is 2.03. The third kappa shape index (κ3) is 2.28. The zero-order valence-corrected chi connectivity index (χ0v) is 8.30. The van der Waals surface area contributed by atoms with E-state index in [1.165, 1.54) is 5.56 Å². The van der Waals surface area contributed by atoms with Crippen LogP contribution in [0, 0.1) is 6.92 Å². The number of rotatable bonds is 3. The Morgan fingerprint density at radius 2 is 2.33 bits per heavy atom. The number of aryl methyl sites for hydroxylation is 1. The van der Waals surface area contributed by atoms with Crippen LogP contribution in [0.4, 0.5) is 0 Å². The highest BCUT2D eigenvalue weighted by molar-refractivity contribution is 5.68. The molecule has 0 saturated carbocycles. The summed E-state index contributed by atoms with van der Waals surface area (Å²) in [6, 6.07) is 8.03. The lowest BCUT2D eigenvalue weighted by molar-refractivity contribution is 0.111. The molecule has 1 heterocycles. The van der Waals surface area contributed by atoms with Crippen LogP contribution >= 0.6 is 0 Å². The predicted octanol–water partition coefficient (Wildman–Crippen LogP) is 1.78. The van der Waals surface area contributed by atoms with Crippen LogP contribution in [0.15, 0.2) is 28.8 Å². The SMILES string of the molecule is Cc1cccc(Cc2nc(C=O)no2)c1. The number of aldehydes is 1. The van der Waals surface area contributed by atoms with E-state index in [9.17, 15) is 4.79 Å². The summed E-state index contributed by atoms with van der Waals surface area (Å²) in [7, 11) is 0. The van der Waals surface area contributed by atoms with Crippen molar-refractivity contribution in [3.63, 3.8) is 0 Å². The number of carbonyl (C=O) groups is 1. The monoisotopic (exact) mass is 202 g/mol. The summed E-state index contributed by atoms with van der Waals surface area (Å²) in [6.07, 6.45) is 1.13. The molecule has 0 saturated heterocycles. The van der Waals surface area contributed by atoms with Gasteiger partial charge in [-0.2, -0.15) is 4.98 Å². The molecule has 1 aromatic heterocycles. The Bertz CT molecular complexity index is 477. The van der Waals surface area contributed by atoms with Crippen LogP contribution in [0.1, 0.15) is 27.6 Å². The van der Waals surface area contributed by atoms with Gasteiger partial charge >= 0.3 is 0 Å². The van der Waals surface area contributed by atoms with E-state index in [1.54, 1.807) is 0 Å². The number of aromatic nitrogens is 2. The zero-order chi connectivity index (χ0) is 10.7. The van der Waals surface area contributed by atoms with Crippen molar-refractivity contribution in [1.29, 1.82) is 0 Å². The van der Waals surface area contributed by atoms with Crippen molar-refractivity contribution in [2.45, 2.75) is 13.3 Å². The Morgan fingerprint density at radius 1 is 1.47 bits per heavy atom. The Labute approximate surface area is 86.9 Å². The van der Waals surface area contributed by atoms with Crippen LogP contribution in [0.3, 0.4) is 0 Å². The lowest BCUT2D eigenvalue weighted by atomic mass is 10.1. The van der Waals surface area contributed by atoms with Crippen LogP contribution in [-0.2, 0) is 6.42 Å². The van der Waals surface area contributed by atoms with Crippen molar-refractivity contribution in [3.05, 3.63) is 47.1 Å². The number of hydrogen-bond donors (Lipinski definition) is 0. The molecular weight excluding hydrogens is 192 g/mol. The lowest BCUT2D eigenvalue weighted by Crippen LogP contribution is -1.89. The molecule has 0 bridgehead atoms. The van der Waals surface area contributed by atoms with Gasteiger partial charge in [0.1, 0.15) is 0 Å². The van der Waals surface area contributed by atoms with Crippen LogP contribution in [0.5, 0.6) is 0 Å². The molecule has 2 aromatic rings. The highest BCUT2D eigenvalue weighted by Gasteiger charge is 2.05. The van der Waals surface area contributed by atoms with Crippen molar-refractivity contribution in [2.24, 2.45) is 0 Å². The summed E-state index contributed by atoms with van der Waals surface area (Å²) < 4.78 is 4.91. The summed E-state index contributed by atoms with van der Waals surface area (Å²) in [6.45, 7) is 2.02. The van der Waals surface area contributed by atoms with Crippen LogP contribution in [0.2, 0.25) is 0 Å². The molecule has 0 atom stereocenters. The van der Waals surface area contributed by atoms with E-state index in [0.717, 1.165) is 5.56 Å². The number of hydrogen-bond acceptors (Lipinski definition) is 4. The first-order valence-corrected chi connectivity index (χ1v) is 4.61. The third-order valence-corrected chi connectivity index (χ3v) is 2.03. The van der Waals surface area contributed by atoms with Gasteiger partial charge in [0.25, 0.3) is 0 Å². The first-order chi connectivity index (χ1) is 7.28. The molecular formula is C11H10N2O2. The fourth-order valence-electron chi connectivity index (χ4n) is 1.38. The van der Waals surface area contributed by atoms with Crippen molar-refractivity contribution in [3.8, 4) is 0 Å². The van der Waals surface area contributed by atoms with Gasteiger partial charge in [-0.05, 0) is 12.5 Å². The topological polar surface area (TPSA) is 56.0 Å². The predicted molar refractivity (Wildman–Crippen MR) is 53.7 cm³/mol.